The lowest BCUT2D eigenvalue weighted by molar-refractivity contribution is -0.122. The lowest BCUT2D eigenvalue weighted by Gasteiger charge is -2.10. The molecule has 1 N–H and O–H groups in total. The van der Waals surface area contributed by atoms with E-state index >= 15 is 0 Å². The maximum atomic E-state index is 11.5. The topological polar surface area (TPSA) is 41.5 Å². The smallest absolute Gasteiger partial charge is 0.249 e. The van der Waals surface area contributed by atoms with Gasteiger partial charge in [-0.25, -0.2) is 5.43 Å². The SMILES string of the molecule is CC1=NNC(=O)C1Cc1c(Cl)cccc1Cl. The molecule has 1 aliphatic rings. The summed E-state index contributed by atoms with van der Waals surface area (Å²) in [7, 11) is 0. The molecule has 0 saturated carbocycles. The van der Waals surface area contributed by atoms with Gasteiger partial charge in [-0.05, 0) is 31.0 Å². The summed E-state index contributed by atoms with van der Waals surface area (Å²) in [5.41, 5.74) is 4.00. The van der Waals surface area contributed by atoms with Gasteiger partial charge in [-0.2, -0.15) is 5.10 Å². The van der Waals surface area contributed by atoms with Crippen LogP contribution in [0.2, 0.25) is 10.0 Å². The van der Waals surface area contributed by atoms with Crippen molar-refractivity contribution in [3.63, 3.8) is 0 Å². The van der Waals surface area contributed by atoms with Crippen LogP contribution < -0.4 is 5.43 Å². The van der Waals surface area contributed by atoms with Crippen molar-refractivity contribution in [3.8, 4) is 0 Å². The highest BCUT2D eigenvalue weighted by Crippen LogP contribution is 2.28. The molecular formula is C11H10Cl2N2O. The quantitative estimate of drug-likeness (QED) is 0.869. The summed E-state index contributed by atoms with van der Waals surface area (Å²) in [5, 5.41) is 5.05. The van der Waals surface area contributed by atoms with Gasteiger partial charge < -0.3 is 0 Å². The fraction of sp³-hybridized carbons (Fsp3) is 0.273. The number of nitrogens with zero attached hydrogens (tertiary/aromatic N) is 1. The van der Waals surface area contributed by atoms with E-state index in [0.29, 0.717) is 16.5 Å². The minimum absolute atomic E-state index is 0.103. The molecule has 3 nitrogen and oxygen atoms in total. The van der Waals surface area contributed by atoms with Crippen LogP contribution >= 0.6 is 23.2 Å². The number of rotatable bonds is 2. The molecule has 0 saturated heterocycles. The van der Waals surface area contributed by atoms with E-state index < -0.39 is 0 Å². The number of benzene rings is 1. The van der Waals surface area contributed by atoms with Gasteiger partial charge in [-0.15, -0.1) is 0 Å². The monoisotopic (exact) mass is 256 g/mol. The van der Waals surface area contributed by atoms with E-state index in [9.17, 15) is 4.79 Å². The third kappa shape index (κ3) is 2.06. The molecule has 16 heavy (non-hydrogen) atoms. The lowest BCUT2D eigenvalue weighted by atomic mass is 9.95. The third-order valence-electron chi connectivity index (χ3n) is 2.63. The Morgan fingerprint density at radius 1 is 1.38 bits per heavy atom. The standard InChI is InChI=1S/C11H10Cl2N2O/c1-6-7(11(16)15-14-6)5-8-9(12)3-2-4-10(8)13/h2-4,7H,5H2,1H3,(H,15,16). The van der Waals surface area contributed by atoms with E-state index in [1.165, 1.54) is 0 Å². The van der Waals surface area contributed by atoms with Crippen LogP contribution in [0, 0.1) is 5.92 Å². The number of carbonyl (C=O) groups is 1. The summed E-state index contributed by atoms with van der Waals surface area (Å²) in [5.74, 6) is -0.370. The normalized spacial score (nSPS) is 19.6. The largest absolute Gasteiger partial charge is 0.272 e. The molecule has 0 radical (unpaired) electrons. The van der Waals surface area contributed by atoms with Crippen LogP contribution in [-0.2, 0) is 11.2 Å². The predicted molar refractivity (Wildman–Crippen MR) is 64.9 cm³/mol. The minimum Gasteiger partial charge on any atom is -0.272 e. The summed E-state index contributed by atoms with van der Waals surface area (Å²) < 4.78 is 0. The van der Waals surface area contributed by atoms with Crippen LogP contribution in [0.25, 0.3) is 0 Å². The number of hydrazone groups is 1. The predicted octanol–water partition coefficient (Wildman–Crippen LogP) is 2.66. The van der Waals surface area contributed by atoms with E-state index in [2.05, 4.69) is 10.5 Å². The molecule has 1 atom stereocenters. The Morgan fingerprint density at radius 2 is 2.00 bits per heavy atom. The minimum atomic E-state index is -0.266. The van der Waals surface area contributed by atoms with Gasteiger partial charge in [0.05, 0.1) is 5.92 Å². The van der Waals surface area contributed by atoms with E-state index in [1.54, 1.807) is 18.2 Å². The molecule has 2 rings (SSSR count). The van der Waals surface area contributed by atoms with Crippen molar-refractivity contribution in [2.45, 2.75) is 13.3 Å². The first-order valence-corrected chi connectivity index (χ1v) is 5.62. The summed E-state index contributed by atoms with van der Waals surface area (Å²) >= 11 is 12.1. The molecule has 1 aromatic carbocycles. The molecule has 0 spiro atoms. The highest BCUT2D eigenvalue weighted by Gasteiger charge is 2.28. The van der Waals surface area contributed by atoms with Gasteiger partial charge in [-0.3, -0.25) is 4.79 Å². The van der Waals surface area contributed by atoms with E-state index in [-0.39, 0.29) is 11.8 Å². The lowest BCUT2D eigenvalue weighted by Crippen LogP contribution is -2.24. The summed E-state index contributed by atoms with van der Waals surface area (Å²) in [4.78, 5) is 11.5. The van der Waals surface area contributed by atoms with Crippen LogP contribution in [0.1, 0.15) is 12.5 Å². The Bertz CT molecular complexity index is 451. The first kappa shape index (κ1) is 11.4. The molecule has 0 fully saturated rings. The molecule has 1 amide bonds. The van der Waals surface area contributed by atoms with Crippen LogP contribution in [0.5, 0.6) is 0 Å². The van der Waals surface area contributed by atoms with Crippen LogP contribution in [0.4, 0.5) is 0 Å². The first-order chi connectivity index (χ1) is 7.59. The summed E-state index contributed by atoms with van der Waals surface area (Å²) in [6.45, 7) is 1.81. The van der Waals surface area contributed by atoms with Crippen molar-refractivity contribution in [3.05, 3.63) is 33.8 Å². The Balaban J connectivity index is 2.27. The van der Waals surface area contributed by atoms with Crippen molar-refractivity contribution in [2.75, 3.05) is 0 Å². The third-order valence-corrected chi connectivity index (χ3v) is 3.34. The van der Waals surface area contributed by atoms with Crippen molar-refractivity contribution in [2.24, 2.45) is 11.0 Å². The van der Waals surface area contributed by atoms with Gasteiger partial charge in [0.1, 0.15) is 0 Å². The van der Waals surface area contributed by atoms with Crippen LogP contribution in [0.3, 0.4) is 0 Å². The van der Waals surface area contributed by atoms with Gasteiger partial charge in [0.15, 0.2) is 0 Å². The van der Waals surface area contributed by atoms with Crippen LogP contribution in [-0.4, -0.2) is 11.6 Å². The Labute approximate surface area is 103 Å². The maximum Gasteiger partial charge on any atom is 0.249 e. The first-order valence-electron chi connectivity index (χ1n) is 4.86. The molecule has 0 aliphatic carbocycles. The molecule has 1 aromatic rings. The average molecular weight is 257 g/mol. The average Bonchev–Trinajstić information content (AvgIpc) is 2.54. The second-order valence-corrected chi connectivity index (χ2v) is 4.50. The Morgan fingerprint density at radius 3 is 2.50 bits per heavy atom. The summed E-state index contributed by atoms with van der Waals surface area (Å²) in [6.07, 6.45) is 0.486. The van der Waals surface area contributed by atoms with E-state index in [0.717, 1.165) is 11.3 Å². The van der Waals surface area contributed by atoms with Gasteiger partial charge in [0.25, 0.3) is 0 Å². The summed E-state index contributed by atoms with van der Waals surface area (Å²) in [6, 6.07) is 5.31. The number of halogens is 2. The number of amides is 1. The van der Waals surface area contributed by atoms with E-state index in [4.69, 9.17) is 23.2 Å². The van der Waals surface area contributed by atoms with Crippen molar-refractivity contribution < 1.29 is 4.79 Å². The Kier molecular flexibility index (Phi) is 3.17. The van der Waals surface area contributed by atoms with Crippen molar-refractivity contribution in [1.29, 1.82) is 0 Å². The molecule has 84 valence electrons. The number of hydrogen-bond acceptors (Lipinski definition) is 2. The fourth-order valence-corrected chi connectivity index (χ4v) is 2.21. The maximum absolute atomic E-state index is 11.5. The Hall–Kier alpha value is -1.06. The molecular weight excluding hydrogens is 247 g/mol. The van der Waals surface area contributed by atoms with Crippen LogP contribution in [0.15, 0.2) is 23.3 Å². The van der Waals surface area contributed by atoms with E-state index in [1.807, 2.05) is 6.92 Å². The van der Waals surface area contributed by atoms with Crippen molar-refractivity contribution >= 4 is 34.8 Å². The second kappa shape index (κ2) is 4.44. The van der Waals surface area contributed by atoms with Gasteiger partial charge >= 0.3 is 0 Å². The highest BCUT2D eigenvalue weighted by atomic mass is 35.5. The molecule has 1 heterocycles. The molecule has 0 aromatic heterocycles. The fourth-order valence-electron chi connectivity index (χ4n) is 1.66. The zero-order chi connectivity index (χ0) is 11.7. The van der Waals surface area contributed by atoms with Gasteiger partial charge in [0.2, 0.25) is 5.91 Å². The molecule has 5 heteroatoms. The second-order valence-electron chi connectivity index (χ2n) is 3.69. The highest BCUT2D eigenvalue weighted by molar-refractivity contribution is 6.36. The zero-order valence-electron chi connectivity index (χ0n) is 8.63. The van der Waals surface area contributed by atoms with Gasteiger partial charge in [-0.1, -0.05) is 29.3 Å². The number of nitrogens with one attached hydrogen (secondary N) is 1. The van der Waals surface area contributed by atoms with Crippen molar-refractivity contribution in [1.82, 2.24) is 5.43 Å². The van der Waals surface area contributed by atoms with Gasteiger partial charge in [0, 0.05) is 15.8 Å². The zero-order valence-corrected chi connectivity index (χ0v) is 10.1. The molecule has 1 unspecified atom stereocenters. The number of carbonyl (C=O) groups excluding carboxylic acids is 1. The number of hydrogen-bond donors (Lipinski definition) is 1. The molecule has 0 bridgehead atoms. The molecule has 1 aliphatic heterocycles.